The summed E-state index contributed by atoms with van der Waals surface area (Å²) in [5.74, 6) is -0.568. The van der Waals surface area contributed by atoms with E-state index in [2.05, 4.69) is 24.1 Å². The second kappa shape index (κ2) is 7.35. The summed E-state index contributed by atoms with van der Waals surface area (Å²) >= 11 is 1.28. The molecule has 1 amide bonds. The van der Waals surface area contributed by atoms with E-state index in [-0.39, 0.29) is 17.7 Å². The first kappa shape index (κ1) is 16.6. The molecule has 112 valence electrons. The first-order chi connectivity index (χ1) is 9.35. The zero-order valence-corrected chi connectivity index (χ0v) is 13.0. The van der Waals surface area contributed by atoms with Gasteiger partial charge in [0.2, 0.25) is 0 Å². The summed E-state index contributed by atoms with van der Waals surface area (Å²) in [5.41, 5.74) is 5.39. The predicted octanol–water partition coefficient (Wildman–Crippen LogP) is 1.48. The van der Waals surface area contributed by atoms with Crippen molar-refractivity contribution in [2.24, 2.45) is 11.7 Å². The van der Waals surface area contributed by atoms with Crippen LogP contribution in [0.25, 0.3) is 0 Å². The number of primary amides is 1. The van der Waals surface area contributed by atoms with E-state index in [0.717, 1.165) is 0 Å². The minimum Gasteiger partial charge on any atom is -0.455 e. The average molecular weight is 299 g/mol. The highest BCUT2D eigenvalue weighted by Crippen LogP contribution is 2.28. The largest absolute Gasteiger partial charge is 0.455 e. The van der Waals surface area contributed by atoms with Crippen molar-refractivity contribution in [2.75, 3.05) is 7.05 Å². The van der Waals surface area contributed by atoms with E-state index in [9.17, 15) is 9.59 Å². The third-order valence-electron chi connectivity index (χ3n) is 3.00. The average Bonchev–Trinajstić information content (AvgIpc) is 2.82. The molecule has 1 aromatic rings. The summed E-state index contributed by atoms with van der Waals surface area (Å²) in [6.45, 7) is 5.53. The molecule has 3 N–H and O–H groups in total. The monoisotopic (exact) mass is 299 g/mol. The van der Waals surface area contributed by atoms with Gasteiger partial charge >= 0.3 is 5.97 Å². The van der Waals surface area contributed by atoms with Gasteiger partial charge in [-0.2, -0.15) is 0 Å². The topological polar surface area (TPSA) is 94.3 Å². The van der Waals surface area contributed by atoms with Crippen LogP contribution in [0.3, 0.4) is 0 Å². The Hall–Kier alpha value is -1.47. The van der Waals surface area contributed by atoms with Crippen molar-refractivity contribution in [2.45, 2.75) is 39.3 Å². The fourth-order valence-electron chi connectivity index (χ4n) is 1.90. The molecule has 6 nitrogen and oxygen atoms in total. The standard InChI is InChI=1S/C13H21N3O3S/c1-7(2)9(15-4)5-11(19-8(3)17)13-16-10(6-20-13)12(14)18/h6-7,9,11,15H,5H2,1-4H3,(H2,14,18)/t9-,11-/m1/s1. The molecule has 2 atom stereocenters. The Balaban J connectivity index is 2.92. The van der Waals surface area contributed by atoms with Gasteiger partial charge in [-0.05, 0) is 13.0 Å². The molecule has 0 aliphatic carbocycles. The number of hydrogen-bond donors (Lipinski definition) is 2. The first-order valence-electron chi connectivity index (χ1n) is 6.44. The van der Waals surface area contributed by atoms with Gasteiger partial charge in [0.25, 0.3) is 5.91 Å². The number of nitrogens with one attached hydrogen (secondary N) is 1. The molecule has 0 radical (unpaired) electrons. The number of rotatable bonds is 7. The maximum absolute atomic E-state index is 11.3. The Morgan fingerprint density at radius 3 is 2.55 bits per heavy atom. The molecule has 0 fully saturated rings. The van der Waals surface area contributed by atoms with Crippen molar-refractivity contribution < 1.29 is 14.3 Å². The number of esters is 1. The Bertz CT molecular complexity index is 473. The number of aromatic nitrogens is 1. The summed E-state index contributed by atoms with van der Waals surface area (Å²) in [6.07, 6.45) is 0.130. The van der Waals surface area contributed by atoms with Crippen molar-refractivity contribution in [1.82, 2.24) is 10.3 Å². The van der Waals surface area contributed by atoms with Crippen molar-refractivity contribution >= 4 is 23.2 Å². The van der Waals surface area contributed by atoms with E-state index in [1.165, 1.54) is 18.3 Å². The molecule has 0 unspecified atom stereocenters. The van der Waals surface area contributed by atoms with Gasteiger partial charge in [-0.1, -0.05) is 13.8 Å². The van der Waals surface area contributed by atoms with E-state index < -0.39 is 12.0 Å². The number of nitrogens with zero attached hydrogens (tertiary/aromatic N) is 1. The van der Waals surface area contributed by atoms with Crippen molar-refractivity contribution in [3.8, 4) is 0 Å². The Kier molecular flexibility index (Phi) is 6.09. The molecule has 7 heteroatoms. The number of thiazole rings is 1. The third kappa shape index (κ3) is 4.57. The van der Waals surface area contributed by atoms with Crippen molar-refractivity contribution in [3.05, 3.63) is 16.1 Å². The molecule has 0 aliphatic heterocycles. The van der Waals surface area contributed by atoms with Crippen LogP contribution in [-0.4, -0.2) is 29.9 Å². The molecule has 0 aromatic carbocycles. The van der Waals surface area contributed by atoms with Crippen LogP contribution in [-0.2, 0) is 9.53 Å². The maximum atomic E-state index is 11.3. The number of ether oxygens (including phenoxy) is 1. The Morgan fingerprint density at radius 1 is 1.50 bits per heavy atom. The Morgan fingerprint density at radius 2 is 2.15 bits per heavy atom. The zero-order chi connectivity index (χ0) is 15.3. The minimum atomic E-state index is -0.580. The lowest BCUT2D eigenvalue weighted by atomic mass is 9.98. The lowest BCUT2D eigenvalue weighted by Crippen LogP contribution is -2.33. The highest BCUT2D eigenvalue weighted by Gasteiger charge is 2.25. The van der Waals surface area contributed by atoms with Crippen LogP contribution >= 0.6 is 11.3 Å². The van der Waals surface area contributed by atoms with E-state index >= 15 is 0 Å². The summed E-state index contributed by atoms with van der Waals surface area (Å²) in [7, 11) is 1.87. The lowest BCUT2D eigenvalue weighted by molar-refractivity contribution is -0.147. The van der Waals surface area contributed by atoms with Crippen LogP contribution in [0.2, 0.25) is 0 Å². The zero-order valence-electron chi connectivity index (χ0n) is 12.2. The number of nitrogens with two attached hydrogens (primary N) is 1. The smallest absolute Gasteiger partial charge is 0.303 e. The molecule has 20 heavy (non-hydrogen) atoms. The fourth-order valence-corrected chi connectivity index (χ4v) is 2.75. The Labute approximate surface area is 122 Å². The molecule has 1 rings (SSSR count). The molecular formula is C13H21N3O3S. The van der Waals surface area contributed by atoms with Crippen LogP contribution in [0.4, 0.5) is 0 Å². The maximum Gasteiger partial charge on any atom is 0.303 e. The highest BCUT2D eigenvalue weighted by atomic mass is 32.1. The van der Waals surface area contributed by atoms with Crippen molar-refractivity contribution in [3.63, 3.8) is 0 Å². The van der Waals surface area contributed by atoms with Crippen LogP contribution in [0, 0.1) is 5.92 Å². The normalized spacial score (nSPS) is 14.1. The molecule has 1 heterocycles. The molecule has 1 aromatic heterocycles. The van der Waals surface area contributed by atoms with Gasteiger partial charge in [0.15, 0.2) is 6.10 Å². The van der Waals surface area contributed by atoms with Gasteiger partial charge in [-0.3, -0.25) is 9.59 Å². The molecule has 0 spiro atoms. The second-order valence-electron chi connectivity index (χ2n) is 4.91. The lowest BCUT2D eigenvalue weighted by Gasteiger charge is -2.24. The predicted molar refractivity (Wildman–Crippen MR) is 77.4 cm³/mol. The van der Waals surface area contributed by atoms with Gasteiger partial charge in [0.05, 0.1) is 0 Å². The molecular weight excluding hydrogens is 278 g/mol. The molecule has 0 aliphatic rings. The van der Waals surface area contributed by atoms with Crippen LogP contribution < -0.4 is 11.1 Å². The number of hydrogen-bond acceptors (Lipinski definition) is 6. The van der Waals surface area contributed by atoms with E-state index in [1.54, 1.807) is 5.38 Å². The number of carbonyl (C=O) groups excluding carboxylic acids is 2. The van der Waals surface area contributed by atoms with Gasteiger partial charge < -0.3 is 15.8 Å². The second-order valence-corrected chi connectivity index (χ2v) is 5.80. The van der Waals surface area contributed by atoms with Gasteiger partial charge in [-0.15, -0.1) is 11.3 Å². The van der Waals surface area contributed by atoms with Crippen LogP contribution in [0.5, 0.6) is 0 Å². The number of amides is 1. The summed E-state index contributed by atoms with van der Waals surface area (Å²) < 4.78 is 5.33. The van der Waals surface area contributed by atoms with Crippen LogP contribution in [0.1, 0.15) is 48.8 Å². The molecule has 0 saturated carbocycles. The summed E-state index contributed by atoms with van der Waals surface area (Å²) in [6, 6.07) is 0.181. The van der Waals surface area contributed by atoms with E-state index in [1.807, 2.05) is 7.05 Å². The van der Waals surface area contributed by atoms with Crippen LogP contribution in [0.15, 0.2) is 5.38 Å². The molecule has 0 bridgehead atoms. The van der Waals surface area contributed by atoms with Gasteiger partial charge in [-0.25, -0.2) is 4.98 Å². The van der Waals surface area contributed by atoms with Gasteiger partial charge in [0, 0.05) is 24.8 Å². The van der Waals surface area contributed by atoms with E-state index in [4.69, 9.17) is 10.5 Å². The number of carbonyl (C=O) groups is 2. The highest BCUT2D eigenvalue weighted by molar-refractivity contribution is 7.09. The van der Waals surface area contributed by atoms with E-state index in [0.29, 0.717) is 17.3 Å². The minimum absolute atomic E-state index is 0.181. The molecule has 0 saturated heterocycles. The van der Waals surface area contributed by atoms with Crippen molar-refractivity contribution in [1.29, 1.82) is 0 Å². The fraction of sp³-hybridized carbons (Fsp3) is 0.615. The SMILES string of the molecule is CN[C@H](C[C@@H](OC(C)=O)c1nc(C(N)=O)cs1)C(C)C. The third-order valence-corrected chi connectivity index (χ3v) is 3.94. The summed E-state index contributed by atoms with van der Waals surface area (Å²) in [4.78, 5) is 26.5. The summed E-state index contributed by atoms with van der Waals surface area (Å²) in [5, 5.41) is 5.37. The quantitative estimate of drug-likeness (QED) is 0.744. The van der Waals surface area contributed by atoms with Gasteiger partial charge in [0.1, 0.15) is 10.7 Å². The first-order valence-corrected chi connectivity index (χ1v) is 7.32.